The number of ether oxygens (including phenoxy) is 2. The van der Waals surface area contributed by atoms with E-state index in [-0.39, 0.29) is 17.7 Å². The van der Waals surface area contributed by atoms with Crippen molar-refractivity contribution in [3.8, 4) is 0 Å². The van der Waals surface area contributed by atoms with Crippen LogP contribution in [0, 0.1) is 5.92 Å². The number of rotatable bonds is 4. The first kappa shape index (κ1) is 12.1. The summed E-state index contributed by atoms with van der Waals surface area (Å²) in [4.78, 5) is 0. The molecule has 3 fully saturated rings. The second kappa shape index (κ2) is 3.75. The summed E-state index contributed by atoms with van der Waals surface area (Å²) in [7, 11) is 6.75. The number of hydrogen-bond acceptors (Lipinski definition) is 5. The molecule has 1 saturated heterocycles. The largest absolute Gasteiger partial charge is 0.697 e. The molecule has 2 radical (unpaired) electrons. The van der Waals surface area contributed by atoms with E-state index < -0.39 is 13.9 Å². The zero-order valence-corrected chi connectivity index (χ0v) is 10.8. The summed E-state index contributed by atoms with van der Waals surface area (Å²) in [5, 5.41) is 0. The molecule has 3 aliphatic rings. The highest BCUT2D eigenvalue weighted by Crippen LogP contribution is 2.68. The van der Waals surface area contributed by atoms with Gasteiger partial charge in [0.1, 0.15) is 19.6 Å². The Labute approximate surface area is 102 Å². The van der Waals surface area contributed by atoms with Crippen molar-refractivity contribution < 1.29 is 23.1 Å². The molecular formula is C10H15BO5P+. The highest BCUT2D eigenvalue weighted by Gasteiger charge is 2.78. The number of methoxy groups -OCH3 is 1. The standard InChI is InChI=1S/C10H15BO5P/c1-13-10-4-6(10)3-9(16-17(12)14-2)5-7(11)15-8(9)10/h6-8H,3-5H2,1-2H3/q+1/t6-,7-,8?,9+,10-/m1/s1. The van der Waals surface area contributed by atoms with Crippen molar-refractivity contribution in [2.45, 2.75) is 42.6 Å². The lowest BCUT2D eigenvalue weighted by atomic mass is 9.86. The van der Waals surface area contributed by atoms with E-state index in [4.69, 9.17) is 26.4 Å². The van der Waals surface area contributed by atoms with Crippen LogP contribution in [0.5, 0.6) is 0 Å². The number of fused-ring (bicyclic) bond motifs is 3. The van der Waals surface area contributed by atoms with E-state index in [1.807, 2.05) is 0 Å². The van der Waals surface area contributed by atoms with Gasteiger partial charge in [0.2, 0.25) is 0 Å². The average molecular weight is 257 g/mol. The van der Waals surface area contributed by atoms with Gasteiger partial charge in [-0.2, -0.15) is 0 Å². The second-order valence-corrected chi connectivity index (χ2v) is 6.08. The van der Waals surface area contributed by atoms with Gasteiger partial charge < -0.3 is 9.47 Å². The van der Waals surface area contributed by atoms with Gasteiger partial charge in [0.15, 0.2) is 5.60 Å². The molecule has 5 nitrogen and oxygen atoms in total. The highest BCUT2D eigenvalue weighted by atomic mass is 31.1. The monoisotopic (exact) mass is 257 g/mol. The molecule has 1 aliphatic heterocycles. The minimum absolute atomic E-state index is 0.228. The molecule has 0 bridgehead atoms. The van der Waals surface area contributed by atoms with Crippen LogP contribution in [0.1, 0.15) is 19.3 Å². The van der Waals surface area contributed by atoms with Gasteiger partial charge in [-0.25, -0.2) is 0 Å². The van der Waals surface area contributed by atoms with E-state index in [2.05, 4.69) is 0 Å². The molecule has 3 rings (SSSR count). The molecule has 6 atom stereocenters. The van der Waals surface area contributed by atoms with Gasteiger partial charge in [0, 0.05) is 24.1 Å². The van der Waals surface area contributed by atoms with Crippen LogP contribution in [-0.2, 0) is 23.1 Å². The van der Waals surface area contributed by atoms with Crippen LogP contribution in [0.15, 0.2) is 0 Å². The molecule has 1 heterocycles. The molecule has 0 aromatic heterocycles. The molecule has 0 spiro atoms. The zero-order chi connectivity index (χ0) is 12.3. The van der Waals surface area contributed by atoms with Crippen molar-refractivity contribution in [2.24, 2.45) is 5.92 Å². The molecule has 7 heteroatoms. The lowest BCUT2D eigenvalue weighted by Crippen LogP contribution is -2.44. The smallest absolute Gasteiger partial charge is 0.378 e. The van der Waals surface area contributed by atoms with Crippen molar-refractivity contribution >= 4 is 16.1 Å². The average Bonchev–Trinajstić information content (AvgIpc) is 2.79. The van der Waals surface area contributed by atoms with E-state index >= 15 is 0 Å². The van der Waals surface area contributed by atoms with Gasteiger partial charge in [0.05, 0.1) is 7.11 Å². The molecule has 0 aromatic rings. The van der Waals surface area contributed by atoms with Crippen LogP contribution >= 0.6 is 8.25 Å². The lowest BCUT2D eigenvalue weighted by molar-refractivity contribution is -0.0930. The Kier molecular flexibility index (Phi) is 2.66. The normalized spacial score (nSPS) is 52.1. The van der Waals surface area contributed by atoms with Crippen LogP contribution in [0.2, 0.25) is 0 Å². The molecule has 92 valence electrons. The first-order valence-electron chi connectivity index (χ1n) is 5.73. The van der Waals surface area contributed by atoms with Crippen molar-refractivity contribution in [2.75, 3.05) is 14.2 Å². The molecule has 0 N–H and O–H groups in total. The third kappa shape index (κ3) is 1.55. The fourth-order valence-electron chi connectivity index (χ4n) is 3.52. The van der Waals surface area contributed by atoms with Crippen LogP contribution < -0.4 is 0 Å². The van der Waals surface area contributed by atoms with Gasteiger partial charge in [-0.3, -0.25) is 0 Å². The molecule has 2 unspecified atom stereocenters. The van der Waals surface area contributed by atoms with Crippen LogP contribution in [0.25, 0.3) is 0 Å². The number of hydrogen-bond donors (Lipinski definition) is 0. The van der Waals surface area contributed by atoms with Gasteiger partial charge in [-0.1, -0.05) is 0 Å². The summed E-state index contributed by atoms with van der Waals surface area (Å²) in [5.41, 5.74) is -0.875. The third-order valence-electron chi connectivity index (χ3n) is 4.25. The molecule has 0 amide bonds. The van der Waals surface area contributed by atoms with Crippen LogP contribution in [0.4, 0.5) is 0 Å². The SMILES string of the molecule is [B][C@H]1C[C@@]2(O[P+](=O)OC)C[C@@H]3C[C@]3(OC)C2O1. The Bertz CT molecular complexity index is 363. The fourth-order valence-corrected chi connectivity index (χ4v) is 4.14. The van der Waals surface area contributed by atoms with E-state index in [1.54, 1.807) is 7.11 Å². The van der Waals surface area contributed by atoms with Crippen LogP contribution in [0.3, 0.4) is 0 Å². The summed E-state index contributed by atoms with van der Waals surface area (Å²) in [6, 6.07) is -0.381. The highest BCUT2D eigenvalue weighted by molar-refractivity contribution is 7.33. The van der Waals surface area contributed by atoms with E-state index in [0.717, 1.165) is 12.8 Å². The van der Waals surface area contributed by atoms with Crippen molar-refractivity contribution in [1.29, 1.82) is 0 Å². The first-order chi connectivity index (χ1) is 8.06. The minimum Gasteiger partial charge on any atom is -0.378 e. The predicted molar refractivity (Wildman–Crippen MR) is 59.9 cm³/mol. The predicted octanol–water partition coefficient (Wildman–Crippen LogP) is 1.14. The summed E-state index contributed by atoms with van der Waals surface area (Å²) in [6.45, 7) is 0. The Morgan fingerprint density at radius 1 is 1.35 bits per heavy atom. The van der Waals surface area contributed by atoms with Crippen molar-refractivity contribution in [3.05, 3.63) is 0 Å². The quantitative estimate of drug-likeness (QED) is 0.558. The molecule has 2 aliphatic carbocycles. The van der Waals surface area contributed by atoms with Gasteiger partial charge in [0.25, 0.3) is 0 Å². The molecular weight excluding hydrogens is 242 g/mol. The van der Waals surface area contributed by atoms with Gasteiger partial charge in [-0.15, -0.1) is 9.05 Å². The summed E-state index contributed by atoms with van der Waals surface area (Å²) in [6.07, 6.45) is 2.07. The maximum Gasteiger partial charge on any atom is 0.697 e. The van der Waals surface area contributed by atoms with Crippen molar-refractivity contribution in [3.63, 3.8) is 0 Å². The summed E-state index contributed by atoms with van der Waals surface area (Å²) in [5.74, 6) is 0.422. The molecule has 0 aromatic carbocycles. The maximum atomic E-state index is 11.5. The summed E-state index contributed by atoms with van der Waals surface area (Å²) >= 11 is 0. The van der Waals surface area contributed by atoms with Crippen LogP contribution in [-0.4, -0.2) is 45.4 Å². The van der Waals surface area contributed by atoms with E-state index in [9.17, 15) is 4.57 Å². The Morgan fingerprint density at radius 3 is 2.76 bits per heavy atom. The van der Waals surface area contributed by atoms with Gasteiger partial charge >= 0.3 is 8.25 Å². The van der Waals surface area contributed by atoms with E-state index in [0.29, 0.717) is 12.3 Å². The first-order valence-corrected chi connectivity index (χ1v) is 6.82. The zero-order valence-electron chi connectivity index (χ0n) is 9.92. The Morgan fingerprint density at radius 2 is 2.12 bits per heavy atom. The van der Waals surface area contributed by atoms with Crippen molar-refractivity contribution in [1.82, 2.24) is 0 Å². The Hall–Kier alpha value is 0.00494. The fraction of sp³-hybridized carbons (Fsp3) is 1.00. The van der Waals surface area contributed by atoms with E-state index in [1.165, 1.54) is 7.11 Å². The third-order valence-corrected chi connectivity index (χ3v) is 5.06. The second-order valence-electron chi connectivity index (χ2n) is 5.09. The Balaban J connectivity index is 1.86. The lowest BCUT2D eigenvalue weighted by Gasteiger charge is -2.27. The minimum atomic E-state index is -2.12. The molecule has 17 heavy (non-hydrogen) atoms. The van der Waals surface area contributed by atoms with Gasteiger partial charge in [-0.05, 0) is 18.8 Å². The summed E-state index contributed by atoms with van der Waals surface area (Å²) < 4.78 is 33.1. The topological polar surface area (TPSA) is 54.0 Å². The maximum absolute atomic E-state index is 11.5. The molecule has 2 saturated carbocycles.